The summed E-state index contributed by atoms with van der Waals surface area (Å²) in [7, 11) is 0. The van der Waals surface area contributed by atoms with Crippen LogP contribution in [0.1, 0.15) is 38.2 Å². The number of carbonyl (C=O) groups is 3. The summed E-state index contributed by atoms with van der Waals surface area (Å²) in [5, 5.41) is 19.9. The molecule has 0 radical (unpaired) electrons. The Hall–Kier alpha value is -2.45. The minimum Gasteiger partial charge on any atom is -0.481 e. The number of hydrogen-bond donors (Lipinski definition) is 4. The molecule has 0 unspecified atom stereocenters. The first kappa shape index (κ1) is 20.9. The number of amides is 2. The summed E-state index contributed by atoms with van der Waals surface area (Å²) in [6.45, 7) is 2.30. The van der Waals surface area contributed by atoms with Gasteiger partial charge in [0.25, 0.3) is 5.97 Å². The fourth-order valence-electron chi connectivity index (χ4n) is 3.31. The molecule has 8 nitrogen and oxygen atoms in total. The van der Waals surface area contributed by atoms with Crippen LogP contribution in [0.3, 0.4) is 0 Å². The zero-order valence-corrected chi connectivity index (χ0v) is 15.4. The van der Waals surface area contributed by atoms with E-state index >= 15 is 0 Å². The van der Waals surface area contributed by atoms with Gasteiger partial charge in [0.05, 0.1) is 6.10 Å². The number of carboxylic acid groups (broad SMARTS) is 1. The molecule has 1 heterocycles. The Kier molecular flexibility index (Phi) is 7.32. The highest BCUT2D eigenvalue weighted by atomic mass is 16.4. The highest BCUT2D eigenvalue weighted by molar-refractivity contribution is 5.95. The van der Waals surface area contributed by atoms with Gasteiger partial charge in [-0.25, -0.2) is 0 Å². The van der Waals surface area contributed by atoms with Crippen molar-refractivity contribution >= 4 is 23.5 Å². The molecule has 8 heteroatoms. The maximum absolute atomic E-state index is 12.1. The monoisotopic (exact) mass is 377 g/mol. The molecule has 3 rings (SSSR count). The lowest BCUT2D eigenvalue weighted by atomic mass is 10.1. The molecule has 2 amide bonds. The number of hydrogen-bond acceptors (Lipinski definition) is 5. The molecule has 2 aliphatic rings. The first-order valence-corrected chi connectivity index (χ1v) is 9.08. The number of rotatable bonds is 4. The molecular formula is C19H27N3O5. The summed E-state index contributed by atoms with van der Waals surface area (Å²) in [5.41, 5.74) is 7.63. The summed E-state index contributed by atoms with van der Waals surface area (Å²) in [4.78, 5) is 34.6. The lowest BCUT2D eigenvalue weighted by Gasteiger charge is -2.16. The van der Waals surface area contributed by atoms with Gasteiger partial charge in [-0.15, -0.1) is 0 Å². The summed E-state index contributed by atoms with van der Waals surface area (Å²) in [6, 6.07) is 7.38. The molecule has 27 heavy (non-hydrogen) atoms. The van der Waals surface area contributed by atoms with E-state index in [9.17, 15) is 14.7 Å². The van der Waals surface area contributed by atoms with Gasteiger partial charge in [0, 0.05) is 44.1 Å². The number of carboxylic acids is 1. The summed E-state index contributed by atoms with van der Waals surface area (Å²) in [6.07, 6.45) is 1.91. The van der Waals surface area contributed by atoms with Crippen LogP contribution in [0.25, 0.3) is 0 Å². The number of nitrogens with one attached hydrogen (secondary N) is 1. The van der Waals surface area contributed by atoms with Crippen LogP contribution in [-0.4, -0.2) is 46.7 Å². The van der Waals surface area contributed by atoms with Gasteiger partial charge in [0.1, 0.15) is 0 Å². The third-order valence-electron chi connectivity index (χ3n) is 4.74. The van der Waals surface area contributed by atoms with E-state index in [2.05, 4.69) is 5.32 Å². The van der Waals surface area contributed by atoms with Gasteiger partial charge in [-0.05, 0) is 37.0 Å². The zero-order chi connectivity index (χ0) is 20.0. The topological polar surface area (TPSA) is 133 Å². The maximum Gasteiger partial charge on any atom is 0.300 e. The molecular weight excluding hydrogens is 350 g/mol. The first-order chi connectivity index (χ1) is 12.8. The number of carbonyl (C=O) groups excluding carboxylic acids is 2. The Bertz CT molecular complexity index is 662. The molecule has 148 valence electrons. The lowest BCUT2D eigenvalue weighted by molar-refractivity contribution is -0.134. The number of aliphatic hydroxyl groups is 1. The quantitative estimate of drug-likeness (QED) is 0.608. The molecule has 2 fully saturated rings. The van der Waals surface area contributed by atoms with Crippen LogP contribution in [0, 0.1) is 5.92 Å². The lowest BCUT2D eigenvalue weighted by Crippen LogP contribution is -2.30. The predicted molar refractivity (Wildman–Crippen MR) is 99.9 cm³/mol. The van der Waals surface area contributed by atoms with Crippen molar-refractivity contribution in [2.45, 2.75) is 51.3 Å². The Morgan fingerprint density at radius 3 is 2.37 bits per heavy atom. The van der Waals surface area contributed by atoms with Crippen LogP contribution in [0.15, 0.2) is 24.3 Å². The normalized spacial score (nSPS) is 24.3. The fraction of sp³-hybridized carbons (Fsp3) is 0.526. The van der Waals surface area contributed by atoms with Crippen molar-refractivity contribution in [2.24, 2.45) is 11.7 Å². The van der Waals surface area contributed by atoms with E-state index < -0.39 is 12.1 Å². The third-order valence-corrected chi connectivity index (χ3v) is 4.74. The number of nitrogens with two attached hydrogens (primary N) is 1. The molecule has 0 spiro atoms. The summed E-state index contributed by atoms with van der Waals surface area (Å²) >= 11 is 0. The van der Waals surface area contributed by atoms with Gasteiger partial charge >= 0.3 is 0 Å². The van der Waals surface area contributed by atoms with Crippen LogP contribution in [0.5, 0.6) is 0 Å². The zero-order valence-electron chi connectivity index (χ0n) is 15.4. The Morgan fingerprint density at radius 1 is 1.26 bits per heavy atom. The summed E-state index contributed by atoms with van der Waals surface area (Å²) in [5.74, 6) is -0.931. The van der Waals surface area contributed by atoms with E-state index in [4.69, 9.17) is 15.6 Å². The molecule has 3 atom stereocenters. The van der Waals surface area contributed by atoms with Crippen molar-refractivity contribution in [3.63, 3.8) is 0 Å². The van der Waals surface area contributed by atoms with Gasteiger partial charge in [-0.3, -0.25) is 14.4 Å². The fourth-order valence-corrected chi connectivity index (χ4v) is 3.31. The van der Waals surface area contributed by atoms with Crippen molar-refractivity contribution in [3.8, 4) is 0 Å². The highest BCUT2D eigenvalue weighted by Crippen LogP contribution is 2.25. The second kappa shape index (κ2) is 9.48. The van der Waals surface area contributed by atoms with Gasteiger partial charge < -0.3 is 26.2 Å². The Labute approximate surface area is 158 Å². The van der Waals surface area contributed by atoms with E-state index in [1.54, 1.807) is 4.90 Å². The number of benzene rings is 1. The van der Waals surface area contributed by atoms with E-state index in [-0.39, 0.29) is 23.8 Å². The molecule has 1 aromatic carbocycles. The van der Waals surface area contributed by atoms with Crippen LogP contribution in [0.4, 0.5) is 5.69 Å². The average Bonchev–Trinajstić information content (AvgIpc) is 3.18. The van der Waals surface area contributed by atoms with Gasteiger partial charge in [0.2, 0.25) is 11.8 Å². The standard InChI is InChI=1S/C17H23N3O3.C2H4O2/c18-14-8-12(9-15(14)21)17(23)19-10-11-3-5-13(6-4-11)20-7-1-2-16(20)22;1-2(3)4/h3-6,12,14-15,21H,1-2,7-10,18H2,(H,19,23);1H3,(H,3,4)/t12-,14+,15+;/m0./s1. The average molecular weight is 377 g/mol. The van der Waals surface area contributed by atoms with Crippen LogP contribution in [-0.2, 0) is 20.9 Å². The predicted octanol–water partition coefficient (Wildman–Crippen LogP) is 0.619. The van der Waals surface area contributed by atoms with E-state index in [1.807, 2.05) is 24.3 Å². The largest absolute Gasteiger partial charge is 0.481 e. The van der Waals surface area contributed by atoms with Crippen molar-refractivity contribution in [1.29, 1.82) is 0 Å². The van der Waals surface area contributed by atoms with Gasteiger partial charge in [0.15, 0.2) is 0 Å². The molecule has 1 aliphatic carbocycles. The van der Waals surface area contributed by atoms with Crippen molar-refractivity contribution in [2.75, 3.05) is 11.4 Å². The molecule has 0 bridgehead atoms. The Morgan fingerprint density at radius 2 is 1.89 bits per heavy atom. The number of aliphatic carboxylic acids is 1. The molecule has 0 aromatic heterocycles. The van der Waals surface area contributed by atoms with Crippen molar-refractivity contribution in [3.05, 3.63) is 29.8 Å². The second-order valence-electron chi connectivity index (χ2n) is 6.95. The second-order valence-corrected chi connectivity index (χ2v) is 6.95. The molecule has 1 aromatic rings. The van der Waals surface area contributed by atoms with Crippen LogP contribution >= 0.6 is 0 Å². The highest BCUT2D eigenvalue weighted by Gasteiger charge is 2.34. The van der Waals surface area contributed by atoms with E-state index in [1.165, 1.54) is 0 Å². The molecule has 1 saturated heterocycles. The first-order valence-electron chi connectivity index (χ1n) is 9.08. The van der Waals surface area contributed by atoms with E-state index in [0.29, 0.717) is 25.8 Å². The minimum atomic E-state index is -0.833. The maximum atomic E-state index is 12.1. The summed E-state index contributed by atoms with van der Waals surface area (Å²) < 4.78 is 0. The SMILES string of the molecule is CC(=O)O.N[C@@H]1C[C@H](C(=O)NCc2ccc(N3CCCC3=O)cc2)C[C@H]1O. The van der Waals surface area contributed by atoms with Gasteiger partial charge in [-0.2, -0.15) is 0 Å². The molecule has 1 aliphatic heterocycles. The smallest absolute Gasteiger partial charge is 0.300 e. The van der Waals surface area contributed by atoms with Crippen molar-refractivity contribution in [1.82, 2.24) is 5.32 Å². The van der Waals surface area contributed by atoms with Gasteiger partial charge in [-0.1, -0.05) is 12.1 Å². The van der Waals surface area contributed by atoms with Crippen LogP contribution in [0.2, 0.25) is 0 Å². The minimum absolute atomic E-state index is 0.0594. The number of aliphatic hydroxyl groups excluding tert-OH is 1. The third kappa shape index (κ3) is 6.04. The van der Waals surface area contributed by atoms with Crippen molar-refractivity contribution < 1.29 is 24.6 Å². The molecule has 5 N–H and O–H groups in total. The Balaban J connectivity index is 0.000000596. The molecule has 1 saturated carbocycles. The number of nitrogens with zero attached hydrogens (tertiary/aromatic N) is 1. The van der Waals surface area contributed by atoms with Crippen LogP contribution < -0.4 is 16.0 Å². The number of anilines is 1. The van der Waals surface area contributed by atoms with E-state index in [0.717, 1.165) is 31.1 Å².